The van der Waals surface area contributed by atoms with Gasteiger partial charge in [0.2, 0.25) is 0 Å². The fraction of sp³-hybridized carbons (Fsp3) is 0.720. The molecule has 1 heterocycles. The Labute approximate surface area is 175 Å². The van der Waals surface area contributed by atoms with Crippen LogP contribution in [-0.4, -0.2) is 35.5 Å². The molecule has 1 unspecified atom stereocenters. The van der Waals surface area contributed by atoms with Gasteiger partial charge in [-0.3, -0.25) is 0 Å². The molecule has 1 atom stereocenters. The maximum Gasteiger partial charge on any atom is 0.137 e. The molecule has 0 saturated heterocycles. The van der Waals surface area contributed by atoms with Gasteiger partial charge in [0.25, 0.3) is 0 Å². The van der Waals surface area contributed by atoms with E-state index in [2.05, 4.69) is 61.0 Å². The van der Waals surface area contributed by atoms with Gasteiger partial charge in [-0.1, -0.05) is 84.4 Å². The normalized spacial score (nSPS) is 15.4. The summed E-state index contributed by atoms with van der Waals surface area (Å²) in [5, 5.41) is 0. The molecule has 3 heteroatoms. The van der Waals surface area contributed by atoms with Crippen molar-refractivity contribution in [1.29, 1.82) is 0 Å². The van der Waals surface area contributed by atoms with Crippen LogP contribution < -0.4 is 0 Å². The Morgan fingerprint density at radius 1 is 1.04 bits per heavy atom. The van der Waals surface area contributed by atoms with Gasteiger partial charge in [-0.25, -0.2) is 4.98 Å². The summed E-state index contributed by atoms with van der Waals surface area (Å²) in [6.07, 6.45) is 20.9. The Hall–Kier alpha value is -1.35. The predicted octanol–water partition coefficient (Wildman–Crippen LogP) is 7.41. The first-order valence-electron chi connectivity index (χ1n) is 11.6. The van der Waals surface area contributed by atoms with Crippen LogP contribution in [0.3, 0.4) is 0 Å². The van der Waals surface area contributed by atoms with Gasteiger partial charge in [0.05, 0.1) is 0 Å². The molecule has 0 bridgehead atoms. The van der Waals surface area contributed by atoms with Crippen molar-refractivity contribution in [2.75, 3.05) is 20.6 Å². The summed E-state index contributed by atoms with van der Waals surface area (Å²) in [5.41, 5.74) is 2.36. The minimum Gasteiger partial charge on any atom is -0.342 e. The van der Waals surface area contributed by atoms with E-state index in [9.17, 15) is 0 Å². The third kappa shape index (κ3) is 12.9. The standard InChI is InChI=1S/C15H23N3.C8H18.C2H6/c1-12-11-16-15(17-12)14-8-4-6-13(10-14)7-5-9-18(2)3;1-3-5-7-8-6-4-2;1-2/h4,8,10-11,13H,5-7,9H2,1-3H3,(H,16,17);3-8H2,1-2H3;1-2H3. The first-order chi connectivity index (χ1) is 13.6. The molecule has 2 rings (SSSR count). The summed E-state index contributed by atoms with van der Waals surface area (Å²) >= 11 is 0. The highest BCUT2D eigenvalue weighted by atomic mass is 15.0. The third-order valence-corrected chi connectivity index (χ3v) is 4.77. The van der Waals surface area contributed by atoms with Gasteiger partial charge >= 0.3 is 0 Å². The summed E-state index contributed by atoms with van der Waals surface area (Å²) < 4.78 is 0. The number of nitrogens with zero attached hydrogens (tertiary/aromatic N) is 2. The smallest absolute Gasteiger partial charge is 0.137 e. The maximum absolute atomic E-state index is 4.40. The van der Waals surface area contributed by atoms with Crippen LogP contribution in [0.1, 0.15) is 97.0 Å². The molecule has 1 N–H and O–H groups in total. The van der Waals surface area contributed by atoms with Crippen molar-refractivity contribution >= 4 is 5.57 Å². The van der Waals surface area contributed by atoms with Gasteiger partial charge in [0.15, 0.2) is 0 Å². The second-order valence-corrected chi connectivity index (χ2v) is 7.79. The van der Waals surface area contributed by atoms with Crippen LogP contribution in [0.4, 0.5) is 0 Å². The molecule has 1 aliphatic rings. The fourth-order valence-electron chi connectivity index (χ4n) is 3.19. The zero-order valence-electron chi connectivity index (χ0n) is 19.9. The lowest BCUT2D eigenvalue weighted by Crippen LogP contribution is -2.14. The van der Waals surface area contributed by atoms with E-state index in [1.165, 1.54) is 63.5 Å². The minimum absolute atomic E-state index is 0.662. The SMILES string of the molecule is CC.CCCCCCCC.Cc1cnc(C2=CC(CCCN(C)C)CC=C2)[nH]1. The topological polar surface area (TPSA) is 31.9 Å². The van der Waals surface area contributed by atoms with E-state index in [1.54, 1.807) is 0 Å². The summed E-state index contributed by atoms with van der Waals surface area (Å²) in [5.74, 6) is 1.66. The zero-order chi connectivity index (χ0) is 21.2. The Balaban J connectivity index is 0.000000618. The van der Waals surface area contributed by atoms with Crippen LogP contribution >= 0.6 is 0 Å². The number of allylic oxidation sites excluding steroid dienone is 4. The molecule has 0 spiro atoms. The average Bonchev–Trinajstić information content (AvgIpc) is 3.14. The van der Waals surface area contributed by atoms with Crippen LogP contribution in [-0.2, 0) is 0 Å². The molecule has 0 radical (unpaired) electrons. The van der Waals surface area contributed by atoms with E-state index >= 15 is 0 Å². The van der Waals surface area contributed by atoms with E-state index in [0.29, 0.717) is 5.92 Å². The van der Waals surface area contributed by atoms with Gasteiger partial charge in [-0.2, -0.15) is 0 Å². The highest BCUT2D eigenvalue weighted by Gasteiger charge is 2.12. The van der Waals surface area contributed by atoms with E-state index in [4.69, 9.17) is 0 Å². The summed E-state index contributed by atoms with van der Waals surface area (Å²) in [6, 6.07) is 0. The molecule has 0 fully saturated rings. The lowest BCUT2D eigenvalue weighted by atomic mass is 9.92. The number of unbranched alkanes of at least 4 members (excludes halogenated alkanes) is 5. The van der Waals surface area contributed by atoms with Gasteiger partial charge in [-0.15, -0.1) is 0 Å². The van der Waals surface area contributed by atoms with Gasteiger partial charge in [-0.05, 0) is 52.7 Å². The Morgan fingerprint density at radius 2 is 1.68 bits per heavy atom. The van der Waals surface area contributed by atoms with Crippen LogP contribution in [0, 0.1) is 12.8 Å². The second-order valence-electron chi connectivity index (χ2n) is 7.79. The molecule has 0 aliphatic heterocycles. The molecule has 1 aromatic heterocycles. The number of imidazole rings is 1. The number of rotatable bonds is 10. The fourth-order valence-corrected chi connectivity index (χ4v) is 3.19. The molecular weight excluding hydrogens is 342 g/mol. The number of hydrogen-bond acceptors (Lipinski definition) is 2. The Morgan fingerprint density at radius 3 is 2.18 bits per heavy atom. The van der Waals surface area contributed by atoms with E-state index in [1.807, 2.05) is 27.0 Å². The molecule has 3 nitrogen and oxygen atoms in total. The number of aromatic amines is 1. The molecule has 1 aromatic rings. The van der Waals surface area contributed by atoms with Gasteiger partial charge in [0.1, 0.15) is 5.82 Å². The van der Waals surface area contributed by atoms with E-state index < -0.39 is 0 Å². The molecule has 162 valence electrons. The van der Waals surface area contributed by atoms with Crippen molar-refractivity contribution in [3.05, 3.63) is 35.9 Å². The highest BCUT2D eigenvalue weighted by Crippen LogP contribution is 2.25. The monoisotopic (exact) mass is 389 g/mol. The summed E-state index contributed by atoms with van der Waals surface area (Å²) in [6.45, 7) is 11.7. The average molecular weight is 390 g/mol. The van der Waals surface area contributed by atoms with Gasteiger partial charge < -0.3 is 9.88 Å². The Bertz CT molecular complexity index is 520. The van der Waals surface area contributed by atoms with Crippen molar-refractivity contribution < 1.29 is 0 Å². The van der Waals surface area contributed by atoms with Crippen molar-refractivity contribution in [3.63, 3.8) is 0 Å². The zero-order valence-corrected chi connectivity index (χ0v) is 19.9. The van der Waals surface area contributed by atoms with Crippen molar-refractivity contribution in [2.24, 2.45) is 5.92 Å². The lowest BCUT2D eigenvalue weighted by Gasteiger charge is -2.17. The number of aryl methyl sites for hydroxylation is 1. The van der Waals surface area contributed by atoms with Crippen molar-refractivity contribution in [2.45, 2.75) is 92.4 Å². The predicted molar refractivity (Wildman–Crippen MR) is 127 cm³/mol. The van der Waals surface area contributed by atoms with E-state index in [0.717, 1.165) is 17.9 Å². The van der Waals surface area contributed by atoms with Crippen LogP contribution in [0.5, 0.6) is 0 Å². The maximum atomic E-state index is 4.40. The van der Waals surface area contributed by atoms with Crippen molar-refractivity contribution in [3.8, 4) is 0 Å². The molecule has 0 amide bonds. The van der Waals surface area contributed by atoms with Crippen LogP contribution in [0.25, 0.3) is 5.57 Å². The molecule has 0 saturated carbocycles. The molecule has 28 heavy (non-hydrogen) atoms. The van der Waals surface area contributed by atoms with Crippen molar-refractivity contribution in [1.82, 2.24) is 14.9 Å². The highest BCUT2D eigenvalue weighted by molar-refractivity contribution is 5.70. The van der Waals surface area contributed by atoms with E-state index in [-0.39, 0.29) is 0 Å². The lowest BCUT2D eigenvalue weighted by molar-refractivity contribution is 0.380. The number of hydrogen-bond donors (Lipinski definition) is 1. The summed E-state index contributed by atoms with van der Waals surface area (Å²) in [7, 11) is 4.27. The number of aromatic nitrogens is 2. The largest absolute Gasteiger partial charge is 0.342 e. The molecular formula is C25H47N3. The molecule has 1 aliphatic carbocycles. The van der Waals surface area contributed by atoms with Gasteiger partial charge in [0, 0.05) is 17.5 Å². The number of H-pyrrole nitrogens is 1. The first-order valence-corrected chi connectivity index (χ1v) is 11.6. The first kappa shape index (κ1) is 26.6. The minimum atomic E-state index is 0.662. The summed E-state index contributed by atoms with van der Waals surface area (Å²) in [4.78, 5) is 9.95. The molecule has 0 aromatic carbocycles. The third-order valence-electron chi connectivity index (χ3n) is 4.77. The quantitative estimate of drug-likeness (QED) is 0.422. The second kappa shape index (κ2) is 17.7. The van der Waals surface area contributed by atoms with Crippen LogP contribution in [0.15, 0.2) is 24.4 Å². The number of nitrogens with one attached hydrogen (secondary N) is 1. The van der Waals surface area contributed by atoms with Crippen LogP contribution in [0.2, 0.25) is 0 Å². The Kier molecular flexibility index (Phi) is 16.9.